The third kappa shape index (κ3) is 3.15. The van der Waals surface area contributed by atoms with Gasteiger partial charge in [-0.1, -0.05) is 17.7 Å². The monoisotopic (exact) mass is 274 g/mol. The van der Waals surface area contributed by atoms with E-state index in [0.717, 1.165) is 11.8 Å². The van der Waals surface area contributed by atoms with Gasteiger partial charge in [-0.2, -0.15) is 13.2 Å². The topological polar surface area (TPSA) is 52.9 Å². The van der Waals surface area contributed by atoms with Crippen LogP contribution in [0.2, 0.25) is 0 Å². The summed E-state index contributed by atoms with van der Waals surface area (Å²) >= 11 is 0. The number of rotatable bonds is 1. The van der Waals surface area contributed by atoms with Crippen LogP contribution in [0.15, 0.2) is 28.3 Å². The molecule has 1 atom stereocenters. The summed E-state index contributed by atoms with van der Waals surface area (Å²) in [5.74, 6) is -0.377. The van der Waals surface area contributed by atoms with Crippen molar-refractivity contribution < 1.29 is 23.1 Å². The minimum atomic E-state index is -4.38. The summed E-state index contributed by atoms with van der Waals surface area (Å²) in [4.78, 5) is 15.7. The third-order valence-corrected chi connectivity index (χ3v) is 3.23. The van der Waals surface area contributed by atoms with E-state index >= 15 is 0 Å². The first-order valence-electron chi connectivity index (χ1n) is 5.83. The first kappa shape index (κ1) is 13.6. The Balaban J connectivity index is 2.10. The lowest BCUT2D eigenvalue weighted by molar-refractivity contribution is -0.0861. The van der Waals surface area contributed by atoms with E-state index in [1.54, 1.807) is 6.08 Å². The van der Waals surface area contributed by atoms with Gasteiger partial charge in [-0.25, -0.2) is 4.79 Å². The van der Waals surface area contributed by atoms with E-state index in [4.69, 9.17) is 5.11 Å². The molecule has 0 fully saturated rings. The van der Waals surface area contributed by atoms with Gasteiger partial charge in [0.15, 0.2) is 0 Å². The molecule has 1 amide bonds. The Hall–Kier alpha value is -1.79. The number of dihydropyridines is 1. The van der Waals surface area contributed by atoms with Crippen LogP contribution in [-0.4, -0.2) is 48.1 Å². The zero-order valence-corrected chi connectivity index (χ0v) is 10.0. The fraction of sp³-hybridized carbons (Fsp3) is 0.500. The molecule has 0 saturated heterocycles. The normalized spacial score (nSPS) is 23.9. The molecule has 2 aliphatic rings. The van der Waals surface area contributed by atoms with E-state index in [2.05, 4.69) is 4.99 Å². The van der Waals surface area contributed by atoms with E-state index in [1.165, 1.54) is 11.0 Å². The van der Waals surface area contributed by atoms with Crippen LogP contribution in [0, 0.1) is 5.92 Å². The Kier molecular flexibility index (Phi) is 3.64. The summed E-state index contributed by atoms with van der Waals surface area (Å²) in [5.41, 5.74) is 0.0985. The summed E-state index contributed by atoms with van der Waals surface area (Å²) in [6.45, 7) is 0.829. The molecule has 1 unspecified atom stereocenters. The molecule has 0 saturated carbocycles. The highest BCUT2D eigenvalue weighted by Gasteiger charge is 2.35. The van der Waals surface area contributed by atoms with Crippen molar-refractivity contribution in [3.8, 4) is 0 Å². The van der Waals surface area contributed by atoms with Gasteiger partial charge in [0.1, 0.15) is 0 Å². The van der Waals surface area contributed by atoms with Crippen LogP contribution >= 0.6 is 0 Å². The summed E-state index contributed by atoms with van der Waals surface area (Å²) in [5, 5.41) is 8.80. The molecular formula is C12H13F3N2O2. The highest BCUT2D eigenvalue weighted by molar-refractivity contribution is 5.81. The molecule has 0 aliphatic carbocycles. The minimum absolute atomic E-state index is 0.222. The summed E-state index contributed by atoms with van der Waals surface area (Å²) in [6.07, 6.45) is -1.23. The fourth-order valence-corrected chi connectivity index (χ4v) is 2.16. The fourth-order valence-electron chi connectivity index (χ4n) is 2.16. The molecule has 4 nitrogen and oxygen atoms in total. The van der Waals surface area contributed by atoms with Crippen molar-refractivity contribution in [3.05, 3.63) is 23.3 Å². The van der Waals surface area contributed by atoms with Crippen molar-refractivity contribution in [1.29, 1.82) is 0 Å². The number of alkyl halides is 3. The van der Waals surface area contributed by atoms with Crippen LogP contribution in [0.4, 0.5) is 18.0 Å². The van der Waals surface area contributed by atoms with Crippen LogP contribution in [0.5, 0.6) is 0 Å². The number of allylic oxidation sites excluding steroid dienone is 1. The Morgan fingerprint density at radius 1 is 1.47 bits per heavy atom. The number of hydrogen-bond donors (Lipinski definition) is 1. The molecule has 0 bridgehead atoms. The first-order valence-corrected chi connectivity index (χ1v) is 5.83. The number of carbonyl (C=O) groups is 1. The van der Waals surface area contributed by atoms with Crippen molar-refractivity contribution >= 4 is 12.3 Å². The predicted octanol–water partition coefficient (Wildman–Crippen LogP) is 2.49. The largest absolute Gasteiger partial charge is 0.465 e. The number of amides is 1. The maximum absolute atomic E-state index is 12.6. The van der Waals surface area contributed by atoms with Crippen molar-refractivity contribution in [2.75, 3.05) is 19.6 Å². The average molecular weight is 274 g/mol. The molecule has 0 spiro atoms. The lowest BCUT2D eigenvalue weighted by Crippen LogP contribution is -2.34. The smallest absolute Gasteiger partial charge is 0.417 e. The molecule has 19 heavy (non-hydrogen) atoms. The number of carboxylic acid groups (broad SMARTS) is 1. The summed E-state index contributed by atoms with van der Waals surface area (Å²) < 4.78 is 37.8. The van der Waals surface area contributed by atoms with Crippen molar-refractivity contribution in [1.82, 2.24) is 4.90 Å². The molecule has 0 aromatic heterocycles. The number of halogens is 3. The Bertz CT molecular complexity index is 466. The lowest BCUT2D eigenvalue weighted by Gasteiger charge is -2.28. The second-order valence-electron chi connectivity index (χ2n) is 4.48. The van der Waals surface area contributed by atoms with Gasteiger partial charge in [0.25, 0.3) is 0 Å². The highest BCUT2D eigenvalue weighted by atomic mass is 19.4. The maximum atomic E-state index is 12.6. The van der Waals surface area contributed by atoms with E-state index in [-0.39, 0.29) is 12.5 Å². The van der Waals surface area contributed by atoms with E-state index < -0.39 is 17.8 Å². The van der Waals surface area contributed by atoms with Gasteiger partial charge in [-0.05, 0) is 6.42 Å². The standard InChI is InChI=1S/C12H13F3N2O2/c13-12(14,15)10-5-9(6-16-7-10)8-1-3-17(4-2-8)11(18)19/h1,5,7,9H,2-4,6H2,(H,18,19). The van der Waals surface area contributed by atoms with Gasteiger partial charge in [-0.15, -0.1) is 0 Å². The molecule has 2 heterocycles. The molecule has 0 aromatic carbocycles. The lowest BCUT2D eigenvalue weighted by atomic mass is 9.90. The minimum Gasteiger partial charge on any atom is -0.465 e. The van der Waals surface area contributed by atoms with Crippen molar-refractivity contribution in [2.24, 2.45) is 10.9 Å². The Labute approximate surface area is 107 Å². The first-order chi connectivity index (χ1) is 8.88. The van der Waals surface area contributed by atoms with Gasteiger partial charge in [0.2, 0.25) is 0 Å². The zero-order valence-electron chi connectivity index (χ0n) is 10.0. The third-order valence-electron chi connectivity index (χ3n) is 3.23. The molecular weight excluding hydrogens is 261 g/mol. The number of aliphatic imine (C=N–C) groups is 1. The van der Waals surface area contributed by atoms with Gasteiger partial charge in [-0.3, -0.25) is 4.99 Å². The zero-order chi connectivity index (χ0) is 14.0. The van der Waals surface area contributed by atoms with E-state index in [1.807, 2.05) is 0 Å². The van der Waals surface area contributed by atoms with Crippen LogP contribution in [0.1, 0.15) is 6.42 Å². The van der Waals surface area contributed by atoms with Crippen molar-refractivity contribution in [2.45, 2.75) is 12.6 Å². The second-order valence-corrected chi connectivity index (χ2v) is 4.48. The summed E-state index contributed by atoms with van der Waals surface area (Å²) in [7, 11) is 0. The molecule has 0 aromatic rings. The molecule has 7 heteroatoms. The van der Waals surface area contributed by atoms with Crippen LogP contribution < -0.4 is 0 Å². The quantitative estimate of drug-likeness (QED) is 0.747. The van der Waals surface area contributed by atoms with Gasteiger partial charge in [0.05, 0.1) is 5.57 Å². The molecule has 1 N–H and O–H groups in total. The van der Waals surface area contributed by atoms with Crippen LogP contribution in [0.25, 0.3) is 0 Å². The Morgan fingerprint density at radius 2 is 2.21 bits per heavy atom. The van der Waals surface area contributed by atoms with E-state index in [0.29, 0.717) is 19.5 Å². The molecule has 0 radical (unpaired) electrons. The number of hydrogen-bond acceptors (Lipinski definition) is 2. The van der Waals surface area contributed by atoms with Gasteiger partial charge >= 0.3 is 12.3 Å². The average Bonchev–Trinajstić information content (AvgIpc) is 2.38. The molecule has 2 aliphatic heterocycles. The summed E-state index contributed by atoms with van der Waals surface area (Å²) in [6, 6.07) is 0. The Morgan fingerprint density at radius 3 is 2.74 bits per heavy atom. The second kappa shape index (κ2) is 5.07. The SMILES string of the molecule is O=C(O)N1CC=C(C2C=C(C(F)(F)F)C=NC2)CC1. The van der Waals surface area contributed by atoms with Gasteiger partial charge in [0, 0.05) is 31.8 Å². The van der Waals surface area contributed by atoms with Crippen LogP contribution in [0.3, 0.4) is 0 Å². The van der Waals surface area contributed by atoms with Crippen LogP contribution in [-0.2, 0) is 0 Å². The molecule has 2 rings (SSSR count). The van der Waals surface area contributed by atoms with Crippen molar-refractivity contribution in [3.63, 3.8) is 0 Å². The number of nitrogens with zero attached hydrogens (tertiary/aromatic N) is 2. The highest BCUT2D eigenvalue weighted by Crippen LogP contribution is 2.31. The predicted molar refractivity (Wildman–Crippen MR) is 63.3 cm³/mol. The molecule has 104 valence electrons. The maximum Gasteiger partial charge on any atom is 0.417 e. The van der Waals surface area contributed by atoms with Gasteiger partial charge < -0.3 is 10.0 Å². The van der Waals surface area contributed by atoms with E-state index in [9.17, 15) is 18.0 Å².